The first-order valence-electron chi connectivity index (χ1n) is 6.89. The fourth-order valence-electron chi connectivity index (χ4n) is 1.78. The van der Waals surface area contributed by atoms with Crippen LogP contribution in [0.5, 0.6) is 0 Å². The minimum Gasteiger partial charge on any atom is -0.223 e. The quantitative estimate of drug-likeness (QED) is 0.725. The maximum absolute atomic E-state index is 12.2. The van der Waals surface area contributed by atoms with Crippen LogP contribution >= 0.6 is 0 Å². The van der Waals surface area contributed by atoms with Crippen molar-refractivity contribution in [3.63, 3.8) is 0 Å². The first-order valence-corrected chi connectivity index (χ1v) is 8.55. The summed E-state index contributed by atoms with van der Waals surface area (Å²) >= 11 is 0. The van der Waals surface area contributed by atoms with Crippen LogP contribution in [0.4, 0.5) is 0 Å². The average molecular weight is 292 g/mol. The van der Waals surface area contributed by atoms with Crippen molar-refractivity contribution >= 4 is 9.84 Å². The summed E-state index contributed by atoms with van der Waals surface area (Å²) < 4.78 is 24.3. The molecule has 2 nitrogen and oxygen atoms in total. The molecule has 0 saturated carbocycles. The Morgan fingerprint density at radius 3 is 2.20 bits per heavy atom. The molecule has 0 fully saturated rings. The lowest BCUT2D eigenvalue weighted by Gasteiger charge is -2.03. The van der Waals surface area contributed by atoms with E-state index in [4.69, 9.17) is 0 Å². The summed E-state index contributed by atoms with van der Waals surface area (Å²) in [7, 11) is -3.21. The molecular weight excluding hydrogens is 268 g/mol. The molecule has 0 spiro atoms. The predicted octanol–water partition coefficient (Wildman–Crippen LogP) is 4.46. The minimum absolute atomic E-state index is 0.0801. The first-order chi connectivity index (χ1) is 9.31. The van der Waals surface area contributed by atoms with Gasteiger partial charge < -0.3 is 0 Å². The van der Waals surface area contributed by atoms with Gasteiger partial charge in [0.2, 0.25) is 0 Å². The third-order valence-electron chi connectivity index (χ3n) is 3.12. The van der Waals surface area contributed by atoms with E-state index < -0.39 is 9.84 Å². The molecule has 0 bridgehead atoms. The molecular formula is C17H24O2S. The van der Waals surface area contributed by atoms with Crippen molar-refractivity contribution in [2.75, 3.05) is 5.75 Å². The fraction of sp³-hybridized carbons (Fsp3) is 0.412. The number of hydrogen-bond donors (Lipinski definition) is 0. The molecule has 0 N–H and O–H groups in total. The van der Waals surface area contributed by atoms with Gasteiger partial charge in [-0.2, -0.15) is 0 Å². The second-order valence-corrected chi connectivity index (χ2v) is 7.50. The van der Waals surface area contributed by atoms with Crippen LogP contribution in [-0.4, -0.2) is 14.2 Å². The highest BCUT2D eigenvalue weighted by atomic mass is 32.2. The zero-order chi connectivity index (χ0) is 15.2. The topological polar surface area (TPSA) is 34.1 Å². The zero-order valence-electron chi connectivity index (χ0n) is 12.8. The second-order valence-electron chi connectivity index (χ2n) is 5.47. The van der Waals surface area contributed by atoms with Crippen molar-refractivity contribution < 1.29 is 8.42 Å². The van der Waals surface area contributed by atoms with Crippen LogP contribution in [0, 0.1) is 6.92 Å². The number of allylic oxidation sites excluding steroid dienone is 3. The minimum atomic E-state index is -3.21. The molecule has 0 saturated heterocycles. The largest absolute Gasteiger partial charge is 0.223 e. The molecule has 0 aliphatic carbocycles. The second kappa shape index (κ2) is 7.44. The van der Waals surface area contributed by atoms with E-state index in [1.54, 1.807) is 12.1 Å². The SMILES string of the molecule is CC(C)=CCC/C(C)=C\CS(=O)(=O)c1ccc(C)cc1. The molecule has 0 aliphatic heterocycles. The summed E-state index contributed by atoms with van der Waals surface area (Å²) in [6.45, 7) is 8.08. The Hall–Kier alpha value is -1.35. The summed E-state index contributed by atoms with van der Waals surface area (Å²) in [4.78, 5) is 0.399. The maximum atomic E-state index is 12.2. The Morgan fingerprint density at radius 2 is 1.65 bits per heavy atom. The summed E-state index contributed by atoms with van der Waals surface area (Å²) in [5.41, 5.74) is 3.49. The van der Waals surface area contributed by atoms with Crippen molar-refractivity contribution in [1.82, 2.24) is 0 Å². The average Bonchev–Trinajstić information content (AvgIpc) is 2.36. The zero-order valence-corrected chi connectivity index (χ0v) is 13.6. The lowest BCUT2D eigenvalue weighted by atomic mass is 10.1. The van der Waals surface area contributed by atoms with E-state index >= 15 is 0 Å². The molecule has 1 aromatic carbocycles. The van der Waals surface area contributed by atoms with Gasteiger partial charge in [-0.3, -0.25) is 0 Å². The van der Waals surface area contributed by atoms with Gasteiger partial charge in [-0.1, -0.05) is 41.0 Å². The molecule has 3 heteroatoms. The summed E-state index contributed by atoms with van der Waals surface area (Å²) in [5, 5.41) is 0. The normalized spacial score (nSPS) is 12.3. The number of sulfone groups is 1. The van der Waals surface area contributed by atoms with E-state index in [0.717, 1.165) is 24.0 Å². The van der Waals surface area contributed by atoms with E-state index in [1.165, 1.54) is 5.57 Å². The van der Waals surface area contributed by atoms with E-state index in [0.29, 0.717) is 4.90 Å². The number of aryl methyl sites for hydroxylation is 1. The van der Waals surface area contributed by atoms with Crippen LogP contribution < -0.4 is 0 Å². The van der Waals surface area contributed by atoms with Gasteiger partial charge >= 0.3 is 0 Å². The Bertz CT molecular complexity index is 586. The van der Waals surface area contributed by atoms with Crippen LogP contribution in [-0.2, 0) is 9.84 Å². The van der Waals surface area contributed by atoms with E-state index in [2.05, 4.69) is 19.9 Å². The number of hydrogen-bond acceptors (Lipinski definition) is 2. The van der Waals surface area contributed by atoms with Crippen LogP contribution in [0.1, 0.15) is 39.2 Å². The van der Waals surface area contributed by atoms with Crippen LogP contribution in [0.25, 0.3) is 0 Å². The molecule has 110 valence electrons. The van der Waals surface area contributed by atoms with Crippen molar-refractivity contribution in [2.45, 2.75) is 45.4 Å². The summed E-state index contributed by atoms with van der Waals surface area (Å²) in [6, 6.07) is 7.02. The molecule has 0 heterocycles. The maximum Gasteiger partial charge on any atom is 0.181 e. The lowest BCUT2D eigenvalue weighted by molar-refractivity contribution is 0.599. The highest BCUT2D eigenvalue weighted by Gasteiger charge is 2.12. The van der Waals surface area contributed by atoms with Gasteiger partial charge in [-0.05, 0) is 52.7 Å². The summed E-state index contributed by atoms with van der Waals surface area (Å²) in [6.07, 6.45) is 5.88. The fourth-order valence-corrected chi connectivity index (χ4v) is 3.03. The lowest BCUT2D eigenvalue weighted by Crippen LogP contribution is -2.05. The molecule has 0 amide bonds. The Balaban J connectivity index is 2.67. The highest BCUT2D eigenvalue weighted by molar-refractivity contribution is 7.91. The van der Waals surface area contributed by atoms with Gasteiger partial charge in [-0.15, -0.1) is 0 Å². The Morgan fingerprint density at radius 1 is 1.05 bits per heavy atom. The predicted molar refractivity (Wildman–Crippen MR) is 85.7 cm³/mol. The smallest absolute Gasteiger partial charge is 0.181 e. The molecule has 1 aromatic rings. The van der Waals surface area contributed by atoms with E-state index in [-0.39, 0.29) is 5.75 Å². The molecule has 20 heavy (non-hydrogen) atoms. The standard InChI is InChI=1S/C17H24O2S/c1-14(2)6-5-7-15(3)12-13-20(18,19)17-10-8-16(4)9-11-17/h6,8-12H,5,7,13H2,1-4H3/b15-12-. The molecule has 0 aromatic heterocycles. The Kier molecular flexibility index (Phi) is 6.21. The van der Waals surface area contributed by atoms with Gasteiger partial charge in [0, 0.05) is 0 Å². The van der Waals surface area contributed by atoms with Gasteiger partial charge in [0.15, 0.2) is 9.84 Å². The monoisotopic (exact) mass is 292 g/mol. The molecule has 1 rings (SSSR count). The van der Waals surface area contributed by atoms with Gasteiger partial charge in [0.05, 0.1) is 10.6 Å². The summed E-state index contributed by atoms with van der Waals surface area (Å²) in [5.74, 6) is 0.0801. The van der Waals surface area contributed by atoms with Gasteiger partial charge in [-0.25, -0.2) is 8.42 Å². The van der Waals surface area contributed by atoms with Crippen LogP contribution in [0.2, 0.25) is 0 Å². The Labute approximate surface area is 123 Å². The third kappa shape index (κ3) is 5.74. The van der Waals surface area contributed by atoms with Crippen molar-refractivity contribution in [3.05, 3.63) is 53.1 Å². The molecule has 0 atom stereocenters. The van der Waals surface area contributed by atoms with E-state index in [9.17, 15) is 8.42 Å². The number of benzene rings is 1. The van der Waals surface area contributed by atoms with Crippen molar-refractivity contribution in [1.29, 1.82) is 0 Å². The molecule has 0 aliphatic rings. The van der Waals surface area contributed by atoms with Crippen molar-refractivity contribution in [2.24, 2.45) is 0 Å². The molecule has 0 unspecified atom stereocenters. The third-order valence-corrected chi connectivity index (χ3v) is 4.72. The van der Waals surface area contributed by atoms with Crippen molar-refractivity contribution in [3.8, 4) is 0 Å². The number of rotatable bonds is 6. The molecule has 0 radical (unpaired) electrons. The van der Waals surface area contributed by atoms with Crippen LogP contribution in [0.15, 0.2) is 52.5 Å². The van der Waals surface area contributed by atoms with E-state index in [1.807, 2.05) is 32.1 Å². The van der Waals surface area contributed by atoms with Gasteiger partial charge in [0.25, 0.3) is 0 Å². The highest BCUT2D eigenvalue weighted by Crippen LogP contribution is 2.14. The first kappa shape index (κ1) is 16.7. The van der Waals surface area contributed by atoms with Crippen LogP contribution in [0.3, 0.4) is 0 Å². The van der Waals surface area contributed by atoms with Gasteiger partial charge in [0.1, 0.15) is 0 Å².